The van der Waals surface area contributed by atoms with Crippen molar-refractivity contribution in [2.24, 2.45) is 11.0 Å². The molecular formula is C11H10BrN3O. The SMILES string of the molecule is O=C1CC(C2CC2)=NN1c1ccc(Br)cn1. The maximum absolute atomic E-state index is 11.8. The molecular weight excluding hydrogens is 270 g/mol. The van der Waals surface area contributed by atoms with Gasteiger partial charge in [-0.1, -0.05) is 0 Å². The molecule has 1 aliphatic heterocycles. The van der Waals surface area contributed by atoms with Gasteiger partial charge in [0.1, 0.15) is 0 Å². The minimum absolute atomic E-state index is 0.0247. The second-order valence-corrected chi connectivity index (χ2v) is 5.00. The van der Waals surface area contributed by atoms with Crippen LogP contribution < -0.4 is 5.01 Å². The highest BCUT2D eigenvalue weighted by Gasteiger charge is 2.35. The van der Waals surface area contributed by atoms with Crippen LogP contribution in [0.15, 0.2) is 27.9 Å². The Hall–Kier alpha value is -1.23. The molecule has 0 bridgehead atoms. The lowest BCUT2D eigenvalue weighted by molar-refractivity contribution is -0.116. The van der Waals surface area contributed by atoms with E-state index in [0.29, 0.717) is 18.2 Å². The lowest BCUT2D eigenvalue weighted by Crippen LogP contribution is -2.20. The third kappa shape index (κ3) is 1.75. The summed E-state index contributed by atoms with van der Waals surface area (Å²) in [5, 5.41) is 5.77. The molecule has 0 N–H and O–H groups in total. The number of pyridine rings is 1. The molecule has 2 aliphatic rings. The second kappa shape index (κ2) is 3.66. The number of carbonyl (C=O) groups is 1. The summed E-state index contributed by atoms with van der Waals surface area (Å²) in [5.41, 5.74) is 1.02. The first-order valence-corrected chi connectivity index (χ1v) is 6.05. The van der Waals surface area contributed by atoms with Gasteiger partial charge in [-0.15, -0.1) is 0 Å². The lowest BCUT2D eigenvalue weighted by atomic mass is 10.2. The largest absolute Gasteiger partial charge is 0.272 e. The molecule has 2 heterocycles. The summed E-state index contributed by atoms with van der Waals surface area (Å²) >= 11 is 3.31. The Kier molecular flexibility index (Phi) is 2.28. The minimum atomic E-state index is 0.0247. The van der Waals surface area contributed by atoms with Crippen molar-refractivity contribution >= 4 is 33.4 Å². The Morgan fingerprint density at radius 2 is 2.19 bits per heavy atom. The molecule has 1 aromatic heterocycles. The fourth-order valence-corrected chi connectivity index (χ4v) is 2.00. The molecule has 0 radical (unpaired) electrons. The van der Waals surface area contributed by atoms with E-state index in [2.05, 4.69) is 26.0 Å². The highest BCUT2D eigenvalue weighted by atomic mass is 79.9. The van der Waals surface area contributed by atoms with Gasteiger partial charge in [0.2, 0.25) is 0 Å². The molecule has 1 amide bonds. The predicted octanol–water partition coefficient (Wildman–Crippen LogP) is 2.35. The maximum Gasteiger partial charge on any atom is 0.254 e. The molecule has 1 fully saturated rings. The summed E-state index contributed by atoms with van der Waals surface area (Å²) in [6.07, 6.45) is 4.48. The Balaban J connectivity index is 1.88. The summed E-state index contributed by atoms with van der Waals surface area (Å²) in [5.74, 6) is 1.17. The zero-order valence-corrected chi connectivity index (χ0v) is 10.1. The summed E-state index contributed by atoms with van der Waals surface area (Å²) in [6.45, 7) is 0. The van der Waals surface area contributed by atoms with E-state index in [1.54, 1.807) is 12.3 Å². The molecule has 5 heteroatoms. The first-order valence-electron chi connectivity index (χ1n) is 5.26. The van der Waals surface area contributed by atoms with E-state index in [1.807, 2.05) is 6.07 Å². The molecule has 4 nitrogen and oxygen atoms in total. The number of anilines is 1. The van der Waals surface area contributed by atoms with Gasteiger partial charge in [0.15, 0.2) is 5.82 Å². The fraction of sp³-hybridized carbons (Fsp3) is 0.364. The van der Waals surface area contributed by atoms with Gasteiger partial charge < -0.3 is 0 Å². The topological polar surface area (TPSA) is 45.6 Å². The third-order valence-electron chi connectivity index (χ3n) is 2.77. The van der Waals surface area contributed by atoms with Crippen LogP contribution in [0.3, 0.4) is 0 Å². The molecule has 82 valence electrons. The fourth-order valence-electron chi connectivity index (χ4n) is 1.76. The summed E-state index contributed by atoms with van der Waals surface area (Å²) in [7, 11) is 0. The van der Waals surface area contributed by atoms with Crippen molar-refractivity contribution in [3.8, 4) is 0 Å². The normalized spacial score (nSPS) is 20.2. The van der Waals surface area contributed by atoms with E-state index >= 15 is 0 Å². The molecule has 16 heavy (non-hydrogen) atoms. The van der Waals surface area contributed by atoms with Crippen LogP contribution in [0.2, 0.25) is 0 Å². The number of amides is 1. The van der Waals surface area contributed by atoms with E-state index in [-0.39, 0.29) is 5.91 Å². The molecule has 1 aromatic rings. The van der Waals surface area contributed by atoms with Crippen LogP contribution in [0.1, 0.15) is 19.3 Å². The van der Waals surface area contributed by atoms with Gasteiger partial charge in [-0.3, -0.25) is 4.79 Å². The van der Waals surface area contributed by atoms with Gasteiger partial charge in [-0.25, -0.2) is 4.98 Å². The molecule has 1 aliphatic carbocycles. The van der Waals surface area contributed by atoms with Gasteiger partial charge in [0, 0.05) is 10.7 Å². The molecule has 0 atom stereocenters. The summed E-state index contributed by atoms with van der Waals surface area (Å²) in [6, 6.07) is 3.65. The monoisotopic (exact) mass is 279 g/mol. The standard InChI is InChI=1S/C11H10BrN3O/c12-8-3-4-10(13-6-8)15-11(16)5-9(14-15)7-1-2-7/h3-4,6-7H,1-2,5H2. The Bertz CT molecular complexity index is 465. The van der Waals surface area contributed by atoms with E-state index in [9.17, 15) is 4.79 Å². The van der Waals surface area contributed by atoms with Crippen LogP contribution in [0.25, 0.3) is 0 Å². The molecule has 0 unspecified atom stereocenters. The minimum Gasteiger partial charge on any atom is -0.272 e. The van der Waals surface area contributed by atoms with E-state index in [1.165, 1.54) is 17.9 Å². The van der Waals surface area contributed by atoms with Gasteiger partial charge in [0.05, 0.1) is 12.1 Å². The van der Waals surface area contributed by atoms with Crippen LogP contribution in [0.5, 0.6) is 0 Å². The predicted molar refractivity (Wildman–Crippen MR) is 64.2 cm³/mol. The van der Waals surface area contributed by atoms with E-state index in [0.717, 1.165) is 10.2 Å². The van der Waals surface area contributed by atoms with Crippen LogP contribution >= 0.6 is 15.9 Å². The van der Waals surface area contributed by atoms with Gasteiger partial charge in [-0.05, 0) is 46.8 Å². The van der Waals surface area contributed by atoms with Crippen LogP contribution in [-0.4, -0.2) is 16.6 Å². The molecule has 0 aromatic carbocycles. The first kappa shape index (κ1) is 9.96. The number of hydrogen-bond donors (Lipinski definition) is 0. The van der Waals surface area contributed by atoms with Gasteiger partial charge in [0.25, 0.3) is 5.91 Å². The zero-order chi connectivity index (χ0) is 11.1. The lowest BCUT2D eigenvalue weighted by Gasteiger charge is -2.09. The number of hydrogen-bond acceptors (Lipinski definition) is 3. The molecule has 0 spiro atoms. The van der Waals surface area contributed by atoms with Crippen LogP contribution in [-0.2, 0) is 4.79 Å². The average molecular weight is 280 g/mol. The van der Waals surface area contributed by atoms with E-state index < -0.39 is 0 Å². The van der Waals surface area contributed by atoms with Crippen molar-refractivity contribution in [1.82, 2.24) is 4.98 Å². The van der Waals surface area contributed by atoms with Crippen molar-refractivity contribution in [2.75, 3.05) is 5.01 Å². The number of carbonyl (C=O) groups excluding carboxylic acids is 1. The average Bonchev–Trinajstić information content (AvgIpc) is 3.04. The van der Waals surface area contributed by atoms with Gasteiger partial charge in [-0.2, -0.15) is 10.1 Å². The summed E-state index contributed by atoms with van der Waals surface area (Å²) < 4.78 is 0.897. The van der Waals surface area contributed by atoms with E-state index in [4.69, 9.17) is 0 Å². The number of halogens is 1. The van der Waals surface area contributed by atoms with Crippen molar-refractivity contribution in [3.63, 3.8) is 0 Å². The molecule has 0 saturated heterocycles. The van der Waals surface area contributed by atoms with Crippen LogP contribution in [0.4, 0.5) is 5.82 Å². The van der Waals surface area contributed by atoms with Crippen molar-refractivity contribution < 1.29 is 4.79 Å². The second-order valence-electron chi connectivity index (χ2n) is 4.08. The zero-order valence-electron chi connectivity index (χ0n) is 8.56. The Morgan fingerprint density at radius 3 is 2.81 bits per heavy atom. The number of rotatable bonds is 2. The quantitative estimate of drug-likeness (QED) is 0.834. The van der Waals surface area contributed by atoms with Gasteiger partial charge >= 0.3 is 0 Å². The molecule has 3 rings (SSSR count). The smallest absolute Gasteiger partial charge is 0.254 e. The van der Waals surface area contributed by atoms with Crippen molar-refractivity contribution in [3.05, 3.63) is 22.8 Å². The number of nitrogens with zero attached hydrogens (tertiary/aromatic N) is 3. The highest BCUT2D eigenvalue weighted by molar-refractivity contribution is 9.10. The Labute approximate surface area is 101 Å². The third-order valence-corrected chi connectivity index (χ3v) is 3.24. The van der Waals surface area contributed by atoms with Crippen molar-refractivity contribution in [1.29, 1.82) is 0 Å². The van der Waals surface area contributed by atoms with Crippen LogP contribution in [0, 0.1) is 5.92 Å². The highest BCUT2D eigenvalue weighted by Crippen LogP contribution is 2.35. The number of hydrazone groups is 1. The first-order chi connectivity index (χ1) is 7.74. The van der Waals surface area contributed by atoms with Crippen molar-refractivity contribution in [2.45, 2.75) is 19.3 Å². The summed E-state index contributed by atoms with van der Waals surface area (Å²) in [4.78, 5) is 15.9. The number of aromatic nitrogens is 1. The molecule has 1 saturated carbocycles. The Morgan fingerprint density at radius 1 is 1.38 bits per heavy atom. The maximum atomic E-state index is 11.8.